The number of fused-ring (bicyclic) bond motifs is 1. The van der Waals surface area contributed by atoms with Gasteiger partial charge in [0.05, 0.1) is 11.4 Å². The van der Waals surface area contributed by atoms with Gasteiger partial charge in [-0.1, -0.05) is 0 Å². The maximum atomic E-state index is 14.5. The van der Waals surface area contributed by atoms with Crippen LogP contribution in [0.4, 0.5) is 14.5 Å². The first kappa shape index (κ1) is 22.3. The molecule has 0 saturated heterocycles. The summed E-state index contributed by atoms with van der Waals surface area (Å²) in [5.74, 6) is -1.20. The normalized spacial score (nSPS) is 13.9. The highest BCUT2D eigenvalue weighted by Gasteiger charge is 2.30. The van der Waals surface area contributed by atoms with E-state index >= 15 is 0 Å². The minimum atomic E-state index is -3.53. The smallest absolute Gasteiger partial charge is 0.232 e. The van der Waals surface area contributed by atoms with Gasteiger partial charge in [-0.15, -0.1) is 0 Å². The van der Waals surface area contributed by atoms with Crippen molar-refractivity contribution in [3.8, 4) is 22.6 Å². The Morgan fingerprint density at radius 2 is 1.88 bits per heavy atom. The number of aromatic amines is 1. The van der Waals surface area contributed by atoms with Gasteiger partial charge < -0.3 is 9.72 Å². The van der Waals surface area contributed by atoms with E-state index in [4.69, 9.17) is 4.74 Å². The van der Waals surface area contributed by atoms with Gasteiger partial charge >= 0.3 is 0 Å². The number of ether oxygens (including phenoxy) is 1. The van der Waals surface area contributed by atoms with Crippen LogP contribution in [0.3, 0.4) is 0 Å². The average molecular weight is 484 g/mol. The number of rotatable bonds is 7. The van der Waals surface area contributed by atoms with Crippen molar-refractivity contribution >= 4 is 26.7 Å². The summed E-state index contributed by atoms with van der Waals surface area (Å²) < 4.78 is 61.5. The third kappa shape index (κ3) is 4.35. The standard InChI is InChI=1S/C25H23F2N3O3S/c1-3-34(31,32)30-22-12-20(19-10-14(2)29-25-17(19)8-9-28-25)24(13-18(22)15-4-5-15)33-23-7-6-16(26)11-21(23)27/h6-13,15,30H,3-5H2,1-2H3,(H,28,29). The van der Waals surface area contributed by atoms with E-state index in [1.165, 1.54) is 6.07 Å². The molecule has 1 aliphatic rings. The van der Waals surface area contributed by atoms with Crippen molar-refractivity contribution < 1.29 is 21.9 Å². The number of nitrogens with zero attached hydrogens (tertiary/aromatic N) is 1. The minimum absolute atomic E-state index is 0.0676. The first-order valence-electron chi connectivity index (χ1n) is 11.0. The van der Waals surface area contributed by atoms with Crippen LogP contribution in [0.5, 0.6) is 11.5 Å². The molecule has 6 nitrogen and oxygen atoms in total. The van der Waals surface area contributed by atoms with Crippen molar-refractivity contribution in [1.29, 1.82) is 0 Å². The summed E-state index contributed by atoms with van der Waals surface area (Å²) in [6.07, 6.45) is 3.60. The van der Waals surface area contributed by atoms with Gasteiger partial charge in [-0.05, 0) is 80.1 Å². The van der Waals surface area contributed by atoms with Crippen LogP contribution in [0, 0.1) is 18.6 Å². The van der Waals surface area contributed by atoms with Gasteiger partial charge in [0.1, 0.15) is 17.2 Å². The molecular weight excluding hydrogens is 460 g/mol. The lowest BCUT2D eigenvalue weighted by Gasteiger charge is -2.19. The number of H-pyrrole nitrogens is 1. The van der Waals surface area contributed by atoms with Crippen LogP contribution in [0.2, 0.25) is 0 Å². The number of hydrogen-bond donors (Lipinski definition) is 2. The molecule has 9 heteroatoms. The molecule has 0 bridgehead atoms. The highest BCUT2D eigenvalue weighted by atomic mass is 32.2. The van der Waals surface area contributed by atoms with Crippen LogP contribution in [-0.4, -0.2) is 24.1 Å². The number of hydrogen-bond acceptors (Lipinski definition) is 4. The molecule has 4 aromatic rings. The Hall–Kier alpha value is -3.46. The Morgan fingerprint density at radius 3 is 2.59 bits per heavy atom. The van der Waals surface area contributed by atoms with Crippen LogP contribution in [-0.2, 0) is 10.0 Å². The summed E-state index contributed by atoms with van der Waals surface area (Å²) in [4.78, 5) is 7.59. The third-order valence-corrected chi connectivity index (χ3v) is 7.17. The fourth-order valence-corrected chi connectivity index (χ4v) is 4.67. The molecule has 2 N–H and O–H groups in total. The zero-order valence-electron chi connectivity index (χ0n) is 18.7. The largest absolute Gasteiger partial charge is 0.454 e. The lowest BCUT2D eigenvalue weighted by atomic mass is 9.97. The maximum absolute atomic E-state index is 14.5. The summed E-state index contributed by atoms with van der Waals surface area (Å²) in [6.45, 7) is 3.42. The number of anilines is 1. The summed E-state index contributed by atoms with van der Waals surface area (Å²) in [7, 11) is -3.53. The SMILES string of the molecule is CCS(=O)(=O)Nc1cc(-c2cc(C)nc3[nH]ccc23)c(Oc2ccc(F)cc2F)cc1C1CC1. The Labute approximate surface area is 196 Å². The summed E-state index contributed by atoms with van der Waals surface area (Å²) in [6, 6.07) is 10.4. The van der Waals surface area contributed by atoms with E-state index in [1.807, 2.05) is 19.1 Å². The molecule has 0 amide bonds. The van der Waals surface area contributed by atoms with Crippen molar-refractivity contribution in [3.05, 3.63) is 71.6 Å². The molecule has 1 saturated carbocycles. The lowest BCUT2D eigenvalue weighted by Crippen LogP contribution is -2.16. The van der Waals surface area contributed by atoms with E-state index in [2.05, 4.69) is 14.7 Å². The van der Waals surface area contributed by atoms with Crippen LogP contribution in [0.15, 0.2) is 48.7 Å². The molecule has 176 valence electrons. The van der Waals surface area contributed by atoms with Gasteiger partial charge in [0.25, 0.3) is 0 Å². The Morgan fingerprint density at radius 1 is 1.09 bits per heavy atom. The molecule has 2 heterocycles. The average Bonchev–Trinajstić information content (AvgIpc) is 3.52. The molecular formula is C25H23F2N3O3S. The van der Waals surface area contributed by atoms with Crippen LogP contribution < -0.4 is 9.46 Å². The molecule has 0 atom stereocenters. The molecule has 5 rings (SSSR count). The second-order valence-electron chi connectivity index (χ2n) is 8.44. The number of aryl methyl sites for hydroxylation is 1. The van der Waals surface area contributed by atoms with Gasteiger partial charge in [0, 0.05) is 28.9 Å². The zero-order valence-corrected chi connectivity index (χ0v) is 19.5. The van der Waals surface area contributed by atoms with E-state index in [0.717, 1.165) is 47.2 Å². The van der Waals surface area contributed by atoms with E-state index < -0.39 is 21.7 Å². The second kappa shape index (κ2) is 8.39. The van der Waals surface area contributed by atoms with E-state index in [0.29, 0.717) is 22.6 Å². The fraction of sp³-hybridized carbons (Fsp3) is 0.240. The highest BCUT2D eigenvalue weighted by Crippen LogP contribution is 2.49. The van der Waals surface area contributed by atoms with Crippen molar-refractivity contribution in [2.45, 2.75) is 32.6 Å². The fourth-order valence-electron chi connectivity index (χ4n) is 4.02. The summed E-state index contributed by atoms with van der Waals surface area (Å²) >= 11 is 0. The molecule has 2 aromatic carbocycles. The van der Waals surface area contributed by atoms with Crippen LogP contribution >= 0.6 is 0 Å². The van der Waals surface area contributed by atoms with Gasteiger partial charge in [-0.2, -0.15) is 0 Å². The maximum Gasteiger partial charge on any atom is 0.232 e. The van der Waals surface area contributed by atoms with E-state index in [1.54, 1.807) is 25.3 Å². The van der Waals surface area contributed by atoms with E-state index in [-0.39, 0.29) is 17.4 Å². The molecule has 0 unspecified atom stereocenters. The monoisotopic (exact) mass is 483 g/mol. The number of nitrogens with one attached hydrogen (secondary N) is 2. The van der Waals surface area contributed by atoms with Crippen LogP contribution in [0.25, 0.3) is 22.2 Å². The predicted molar refractivity (Wildman–Crippen MR) is 128 cm³/mol. The quantitative estimate of drug-likeness (QED) is 0.326. The molecule has 2 aromatic heterocycles. The minimum Gasteiger partial charge on any atom is -0.454 e. The Bertz CT molecular complexity index is 1510. The van der Waals surface area contributed by atoms with Crippen molar-refractivity contribution in [2.24, 2.45) is 0 Å². The summed E-state index contributed by atoms with van der Waals surface area (Å²) in [5, 5.41) is 0.804. The Kier molecular flexibility index (Phi) is 5.51. The van der Waals surface area contributed by atoms with Crippen LogP contribution in [0.1, 0.15) is 36.9 Å². The predicted octanol–water partition coefficient (Wildman–Crippen LogP) is 6.25. The number of benzene rings is 2. The van der Waals surface area contributed by atoms with Gasteiger partial charge in [0.15, 0.2) is 11.6 Å². The number of sulfonamides is 1. The van der Waals surface area contributed by atoms with Gasteiger partial charge in [-0.25, -0.2) is 22.2 Å². The highest BCUT2D eigenvalue weighted by molar-refractivity contribution is 7.92. The number of halogens is 2. The second-order valence-corrected chi connectivity index (χ2v) is 10.5. The Balaban J connectivity index is 1.75. The van der Waals surface area contributed by atoms with Gasteiger partial charge in [0.2, 0.25) is 10.0 Å². The molecule has 1 aliphatic carbocycles. The molecule has 0 radical (unpaired) electrons. The van der Waals surface area contributed by atoms with E-state index in [9.17, 15) is 17.2 Å². The van der Waals surface area contributed by atoms with Crippen molar-refractivity contribution in [1.82, 2.24) is 9.97 Å². The molecule has 1 fully saturated rings. The zero-order chi connectivity index (χ0) is 24.0. The third-order valence-electron chi connectivity index (χ3n) is 5.88. The molecule has 0 aliphatic heterocycles. The first-order valence-corrected chi connectivity index (χ1v) is 12.7. The van der Waals surface area contributed by atoms with Gasteiger partial charge in [-0.3, -0.25) is 4.72 Å². The lowest BCUT2D eigenvalue weighted by molar-refractivity contribution is 0.438. The van der Waals surface area contributed by atoms with Crippen molar-refractivity contribution in [2.75, 3.05) is 10.5 Å². The molecule has 0 spiro atoms. The van der Waals surface area contributed by atoms with Crippen molar-refractivity contribution in [3.63, 3.8) is 0 Å². The molecule has 34 heavy (non-hydrogen) atoms. The first-order chi connectivity index (χ1) is 16.2. The number of aromatic nitrogens is 2. The topological polar surface area (TPSA) is 84.1 Å². The number of pyridine rings is 1. The summed E-state index contributed by atoms with van der Waals surface area (Å²) in [5.41, 5.74) is 3.98.